The number of nitrogens with two attached hydrogens (primary N) is 2. The van der Waals surface area contributed by atoms with Gasteiger partial charge in [0, 0.05) is 23.7 Å². The summed E-state index contributed by atoms with van der Waals surface area (Å²) in [7, 11) is 1.54. The Hall–Kier alpha value is -2.84. The van der Waals surface area contributed by atoms with Crippen LogP contribution in [0.4, 0.5) is 20.2 Å². The lowest BCUT2D eigenvalue weighted by atomic mass is 10.0. The molecular weight excluding hydrogens is 406 g/mol. The fourth-order valence-electron chi connectivity index (χ4n) is 2.27. The molecule has 0 aliphatic rings. The van der Waals surface area contributed by atoms with E-state index in [1.807, 2.05) is 0 Å². The molecule has 0 bridgehead atoms. The number of hydrogen-bond donors (Lipinski definition) is 4. The lowest BCUT2D eigenvalue weighted by Gasteiger charge is -2.09. The molecule has 0 fully saturated rings. The summed E-state index contributed by atoms with van der Waals surface area (Å²) in [6, 6.07) is 8.40. The Morgan fingerprint density at radius 1 is 1.14 bits per heavy atom. The summed E-state index contributed by atoms with van der Waals surface area (Å²) >= 11 is 9.68. The van der Waals surface area contributed by atoms with Gasteiger partial charge in [-0.05, 0) is 29.8 Å². The standard InChI is InChI=1S/C13H11F2N3.C6H6ClNOS/c14-9-3-4-10(17)13(15)12(9)7-1-2-8(6-16)11(18)5-7;1-9-6-5(10)2-4(7)3-8-6/h1-6,16H,17-18H2;2-3,10H,1H3. The average molecular weight is 423 g/mol. The topological polar surface area (TPSA) is 98.0 Å². The van der Waals surface area contributed by atoms with E-state index >= 15 is 0 Å². The predicted molar refractivity (Wildman–Crippen MR) is 112 cm³/mol. The third-order valence-corrected chi connectivity index (χ3v) is 4.17. The first-order valence-corrected chi connectivity index (χ1v) is 8.63. The normalized spacial score (nSPS) is 10.0. The molecule has 5 N–H and O–H groups in total. The van der Waals surface area contributed by atoms with Gasteiger partial charge in [0.15, 0.2) is 5.82 Å². The molecule has 146 valence electrons. The second-order valence-electron chi connectivity index (χ2n) is 5.50. The minimum absolute atomic E-state index is 0.124. The molecule has 0 atom stereocenters. The lowest BCUT2D eigenvalue weighted by molar-refractivity contribution is 0.387. The Labute approximate surface area is 171 Å². The van der Waals surface area contributed by atoms with Crippen LogP contribution >= 0.6 is 24.2 Å². The average Bonchev–Trinajstić information content (AvgIpc) is 2.66. The lowest BCUT2D eigenvalue weighted by Crippen LogP contribution is -1.98. The molecule has 5 nitrogen and oxygen atoms in total. The van der Waals surface area contributed by atoms with E-state index in [9.17, 15) is 8.78 Å². The molecule has 0 aliphatic carbocycles. The predicted octanol–water partition coefficient (Wildman–Crippen LogP) is 4.83. The Bertz CT molecular complexity index is 1020. The summed E-state index contributed by atoms with van der Waals surface area (Å²) in [5.41, 5.74) is 11.8. The van der Waals surface area contributed by atoms with Gasteiger partial charge in [-0.25, -0.2) is 13.8 Å². The zero-order chi connectivity index (χ0) is 20.8. The molecule has 28 heavy (non-hydrogen) atoms. The van der Waals surface area contributed by atoms with E-state index in [1.165, 1.54) is 37.6 Å². The van der Waals surface area contributed by atoms with Crippen LogP contribution in [0.3, 0.4) is 0 Å². The highest BCUT2D eigenvalue weighted by Gasteiger charge is 2.14. The number of benzene rings is 2. The smallest absolute Gasteiger partial charge is 0.226 e. The van der Waals surface area contributed by atoms with Crippen molar-refractivity contribution in [2.24, 2.45) is 0 Å². The number of nitrogens with zero attached hydrogens (tertiary/aromatic N) is 1. The number of aromatic nitrogens is 1. The van der Waals surface area contributed by atoms with E-state index in [-0.39, 0.29) is 16.9 Å². The van der Waals surface area contributed by atoms with Crippen LogP contribution < -0.4 is 16.2 Å². The summed E-state index contributed by atoms with van der Waals surface area (Å²) in [5.74, 6) is -1.02. The molecule has 3 aromatic rings. The molecule has 1 heterocycles. The number of ether oxygens (including phenoxy) is 1. The zero-order valence-corrected chi connectivity index (χ0v) is 16.4. The maximum absolute atomic E-state index is 13.8. The van der Waals surface area contributed by atoms with Crippen molar-refractivity contribution < 1.29 is 13.5 Å². The van der Waals surface area contributed by atoms with Gasteiger partial charge in [-0.1, -0.05) is 23.7 Å². The number of rotatable bonds is 3. The first-order valence-electron chi connectivity index (χ1n) is 7.80. The Morgan fingerprint density at radius 2 is 1.86 bits per heavy atom. The largest absolute Gasteiger partial charge is 0.480 e. The van der Waals surface area contributed by atoms with Gasteiger partial charge in [-0.3, -0.25) is 0 Å². The van der Waals surface area contributed by atoms with Crippen molar-refractivity contribution in [2.45, 2.75) is 4.90 Å². The Kier molecular flexibility index (Phi) is 7.19. The number of anilines is 2. The van der Waals surface area contributed by atoms with E-state index in [2.05, 4.69) is 17.6 Å². The van der Waals surface area contributed by atoms with Gasteiger partial charge >= 0.3 is 0 Å². The van der Waals surface area contributed by atoms with Crippen molar-refractivity contribution in [3.63, 3.8) is 0 Å². The summed E-state index contributed by atoms with van der Waals surface area (Å²) in [6.45, 7) is 0. The number of halogens is 3. The molecule has 2 aromatic carbocycles. The van der Waals surface area contributed by atoms with E-state index in [1.54, 1.807) is 6.07 Å². The molecular formula is C19H17ClF2N4OS. The Morgan fingerprint density at radius 3 is 2.43 bits per heavy atom. The second-order valence-corrected chi connectivity index (χ2v) is 6.41. The van der Waals surface area contributed by atoms with Crippen LogP contribution in [0.1, 0.15) is 5.56 Å². The quantitative estimate of drug-likeness (QED) is 0.276. The first kappa shape index (κ1) is 21.5. The van der Waals surface area contributed by atoms with Gasteiger partial charge in [-0.15, -0.1) is 12.6 Å². The number of thiol groups is 1. The van der Waals surface area contributed by atoms with Crippen LogP contribution in [0.15, 0.2) is 47.5 Å². The van der Waals surface area contributed by atoms with Crippen molar-refractivity contribution in [3.8, 4) is 17.0 Å². The molecule has 1 aromatic heterocycles. The van der Waals surface area contributed by atoms with Crippen LogP contribution in [0, 0.1) is 17.0 Å². The molecule has 0 saturated heterocycles. The highest BCUT2D eigenvalue weighted by Crippen LogP contribution is 2.31. The van der Waals surface area contributed by atoms with Crippen molar-refractivity contribution in [1.29, 1.82) is 5.41 Å². The molecule has 0 radical (unpaired) electrons. The third kappa shape index (κ3) is 4.90. The monoisotopic (exact) mass is 422 g/mol. The summed E-state index contributed by atoms with van der Waals surface area (Å²) < 4.78 is 32.3. The van der Waals surface area contributed by atoms with Crippen molar-refractivity contribution in [3.05, 3.63) is 64.8 Å². The van der Waals surface area contributed by atoms with Crippen LogP contribution in [0.5, 0.6) is 5.88 Å². The molecule has 0 aliphatic heterocycles. The van der Waals surface area contributed by atoms with Gasteiger partial charge in [0.2, 0.25) is 5.88 Å². The molecule has 0 spiro atoms. The van der Waals surface area contributed by atoms with Crippen LogP contribution in [0.2, 0.25) is 5.02 Å². The minimum Gasteiger partial charge on any atom is -0.480 e. The fourth-order valence-corrected chi connectivity index (χ4v) is 2.79. The molecule has 9 heteroatoms. The van der Waals surface area contributed by atoms with E-state index < -0.39 is 11.6 Å². The zero-order valence-electron chi connectivity index (χ0n) is 14.7. The van der Waals surface area contributed by atoms with Gasteiger partial charge in [0.1, 0.15) is 5.82 Å². The van der Waals surface area contributed by atoms with E-state index in [0.29, 0.717) is 26.9 Å². The SMILES string of the molecule is COc1ncc(Cl)cc1S.N=Cc1ccc(-c2c(F)ccc(N)c2F)cc1N. The second kappa shape index (κ2) is 9.38. The van der Waals surface area contributed by atoms with Crippen LogP contribution in [-0.2, 0) is 0 Å². The number of hydrogen-bond acceptors (Lipinski definition) is 6. The van der Waals surface area contributed by atoms with Crippen molar-refractivity contribution in [1.82, 2.24) is 4.98 Å². The third-order valence-electron chi connectivity index (χ3n) is 3.64. The van der Waals surface area contributed by atoms with Crippen LogP contribution in [-0.4, -0.2) is 18.3 Å². The molecule has 0 saturated carbocycles. The Balaban J connectivity index is 0.000000237. The van der Waals surface area contributed by atoms with Gasteiger partial charge < -0.3 is 21.6 Å². The maximum atomic E-state index is 13.8. The molecule has 3 rings (SSSR count). The van der Waals surface area contributed by atoms with Crippen molar-refractivity contribution in [2.75, 3.05) is 18.6 Å². The van der Waals surface area contributed by atoms with Crippen LogP contribution in [0.25, 0.3) is 11.1 Å². The highest BCUT2D eigenvalue weighted by molar-refractivity contribution is 7.80. The van der Waals surface area contributed by atoms with Gasteiger partial charge in [0.05, 0.1) is 28.3 Å². The van der Waals surface area contributed by atoms with Gasteiger partial charge in [-0.2, -0.15) is 0 Å². The fraction of sp³-hybridized carbons (Fsp3) is 0.0526. The number of pyridine rings is 1. The van der Waals surface area contributed by atoms with E-state index in [0.717, 1.165) is 12.3 Å². The van der Waals surface area contributed by atoms with E-state index in [4.69, 9.17) is 33.2 Å². The summed E-state index contributed by atoms with van der Waals surface area (Å²) in [6.07, 6.45) is 2.59. The molecule has 0 unspecified atom stereocenters. The number of nitrogens with one attached hydrogen (secondary N) is 1. The highest BCUT2D eigenvalue weighted by atomic mass is 35.5. The maximum Gasteiger partial charge on any atom is 0.226 e. The summed E-state index contributed by atoms with van der Waals surface area (Å²) in [5, 5.41) is 7.67. The number of nitrogen functional groups attached to an aromatic ring is 2. The van der Waals surface area contributed by atoms with Crippen molar-refractivity contribution >= 4 is 41.8 Å². The summed E-state index contributed by atoms with van der Waals surface area (Å²) in [4.78, 5) is 4.51. The number of methoxy groups -OCH3 is 1. The first-order chi connectivity index (χ1) is 13.3. The minimum atomic E-state index is -0.808. The molecule has 0 amide bonds. The van der Waals surface area contributed by atoms with Gasteiger partial charge in [0.25, 0.3) is 0 Å².